The molecule has 0 amide bonds. The molecule has 1 saturated heterocycles. The van der Waals surface area contributed by atoms with Gasteiger partial charge in [-0.05, 0) is 59.3 Å². The van der Waals surface area contributed by atoms with Crippen molar-refractivity contribution in [1.29, 1.82) is 0 Å². The molecule has 0 atom stereocenters. The van der Waals surface area contributed by atoms with Gasteiger partial charge in [0.2, 0.25) is 0 Å². The third kappa shape index (κ3) is 4.43. The number of rotatable bonds is 3. The molecule has 2 heteroatoms. The molecule has 0 radical (unpaired) electrons. The lowest BCUT2D eigenvalue weighted by Gasteiger charge is -2.33. The second kappa shape index (κ2) is 5.72. The van der Waals surface area contributed by atoms with Gasteiger partial charge in [-0.25, -0.2) is 0 Å². The summed E-state index contributed by atoms with van der Waals surface area (Å²) in [6, 6.07) is 0. The van der Waals surface area contributed by atoms with Crippen LogP contribution in [-0.2, 0) is 0 Å². The van der Waals surface area contributed by atoms with Crippen molar-refractivity contribution in [2.24, 2.45) is 0 Å². The zero-order valence-corrected chi connectivity index (χ0v) is 10.1. The number of nitrogens with zero attached hydrogens (tertiary/aromatic N) is 1. The van der Waals surface area contributed by atoms with Gasteiger partial charge in [0.1, 0.15) is 0 Å². The van der Waals surface area contributed by atoms with Crippen molar-refractivity contribution in [2.45, 2.75) is 52.0 Å². The number of hydrogen-bond acceptors (Lipinski definition) is 2. The second-order valence-corrected chi connectivity index (χ2v) is 5.11. The summed E-state index contributed by atoms with van der Waals surface area (Å²) < 4.78 is 0. The van der Waals surface area contributed by atoms with E-state index in [4.69, 9.17) is 0 Å². The van der Waals surface area contributed by atoms with Crippen LogP contribution in [0.1, 0.15) is 46.5 Å². The first-order chi connectivity index (χ1) is 6.64. The van der Waals surface area contributed by atoms with Crippen molar-refractivity contribution >= 4 is 0 Å². The van der Waals surface area contributed by atoms with Crippen LogP contribution in [0, 0.1) is 0 Å². The van der Waals surface area contributed by atoms with E-state index in [1.165, 1.54) is 51.9 Å². The van der Waals surface area contributed by atoms with Crippen molar-refractivity contribution in [3.05, 3.63) is 0 Å². The van der Waals surface area contributed by atoms with Crippen LogP contribution in [0.4, 0.5) is 0 Å². The minimum absolute atomic E-state index is 0.338. The third-order valence-corrected chi connectivity index (χ3v) is 3.14. The molecule has 0 aromatic rings. The van der Waals surface area contributed by atoms with E-state index in [-0.39, 0.29) is 0 Å². The maximum Gasteiger partial charge on any atom is 0.0137 e. The zero-order chi connectivity index (χ0) is 10.4. The minimum Gasteiger partial charge on any atom is -0.312 e. The molecule has 1 rings (SSSR count). The van der Waals surface area contributed by atoms with E-state index in [0.717, 1.165) is 0 Å². The van der Waals surface area contributed by atoms with Crippen molar-refractivity contribution in [1.82, 2.24) is 10.2 Å². The summed E-state index contributed by atoms with van der Waals surface area (Å²) in [5.74, 6) is 0. The van der Waals surface area contributed by atoms with Gasteiger partial charge in [0.25, 0.3) is 0 Å². The Bertz CT molecular complexity index is 152. The lowest BCUT2D eigenvalue weighted by atomic mass is 9.99. The van der Waals surface area contributed by atoms with E-state index >= 15 is 0 Å². The molecule has 1 aliphatic heterocycles. The van der Waals surface area contributed by atoms with Gasteiger partial charge in [0.05, 0.1) is 0 Å². The molecule has 14 heavy (non-hydrogen) atoms. The fraction of sp³-hybridized carbons (Fsp3) is 1.00. The average molecular weight is 198 g/mol. The summed E-state index contributed by atoms with van der Waals surface area (Å²) in [7, 11) is 0. The molecule has 0 aromatic carbocycles. The van der Waals surface area contributed by atoms with Crippen molar-refractivity contribution in [3.63, 3.8) is 0 Å². The Morgan fingerprint density at radius 1 is 1.29 bits per heavy atom. The Morgan fingerprint density at radius 3 is 2.79 bits per heavy atom. The van der Waals surface area contributed by atoms with Crippen molar-refractivity contribution < 1.29 is 0 Å². The monoisotopic (exact) mass is 198 g/mol. The van der Waals surface area contributed by atoms with E-state index in [0.29, 0.717) is 5.54 Å². The van der Waals surface area contributed by atoms with Crippen LogP contribution >= 0.6 is 0 Å². The maximum atomic E-state index is 3.61. The first-order valence-electron chi connectivity index (χ1n) is 6.11. The molecule has 0 saturated carbocycles. The number of unbranched alkanes of at least 4 members (excludes halogenated alkanes) is 1. The fourth-order valence-corrected chi connectivity index (χ4v) is 1.97. The van der Waals surface area contributed by atoms with Gasteiger partial charge < -0.3 is 10.2 Å². The van der Waals surface area contributed by atoms with Gasteiger partial charge in [-0.1, -0.05) is 13.3 Å². The highest BCUT2D eigenvalue weighted by molar-refractivity contribution is 4.81. The van der Waals surface area contributed by atoms with Crippen LogP contribution in [0.3, 0.4) is 0 Å². The molecular formula is C12H26N2. The highest BCUT2D eigenvalue weighted by atomic mass is 15.1. The molecule has 0 aliphatic carbocycles. The Morgan fingerprint density at radius 2 is 2.07 bits per heavy atom. The smallest absolute Gasteiger partial charge is 0.0137 e. The zero-order valence-electron chi connectivity index (χ0n) is 10.1. The number of hydrogen-bond donors (Lipinski definition) is 1. The van der Waals surface area contributed by atoms with E-state index in [1.807, 2.05) is 0 Å². The first kappa shape index (κ1) is 12.0. The van der Waals surface area contributed by atoms with Crippen LogP contribution in [0.5, 0.6) is 0 Å². The van der Waals surface area contributed by atoms with E-state index in [2.05, 4.69) is 31.0 Å². The predicted molar refractivity (Wildman–Crippen MR) is 62.7 cm³/mol. The Balaban J connectivity index is 2.31. The van der Waals surface area contributed by atoms with Crippen LogP contribution in [0.25, 0.3) is 0 Å². The van der Waals surface area contributed by atoms with E-state index in [9.17, 15) is 0 Å². The van der Waals surface area contributed by atoms with Gasteiger partial charge in [-0.2, -0.15) is 0 Å². The molecular weight excluding hydrogens is 172 g/mol. The number of nitrogens with one attached hydrogen (secondary N) is 1. The molecule has 0 unspecified atom stereocenters. The molecule has 1 heterocycles. The van der Waals surface area contributed by atoms with E-state index in [1.54, 1.807) is 0 Å². The molecule has 1 aliphatic rings. The van der Waals surface area contributed by atoms with Gasteiger partial charge in [-0.3, -0.25) is 0 Å². The van der Waals surface area contributed by atoms with Gasteiger partial charge in [-0.15, -0.1) is 0 Å². The summed E-state index contributed by atoms with van der Waals surface area (Å²) in [4.78, 5) is 2.63. The molecule has 0 bridgehead atoms. The van der Waals surface area contributed by atoms with Crippen molar-refractivity contribution in [2.75, 3.05) is 26.2 Å². The lowest BCUT2D eigenvalue weighted by molar-refractivity contribution is 0.202. The standard InChI is InChI=1S/C12H26N2/c1-4-5-9-14-10-6-8-13-12(2,3)7-11-14/h13H,4-11H2,1-3H3. The molecule has 84 valence electrons. The first-order valence-corrected chi connectivity index (χ1v) is 6.11. The molecule has 1 fully saturated rings. The highest BCUT2D eigenvalue weighted by Crippen LogP contribution is 2.12. The molecule has 1 N–H and O–H groups in total. The maximum absolute atomic E-state index is 3.61. The summed E-state index contributed by atoms with van der Waals surface area (Å²) in [5.41, 5.74) is 0.338. The Labute approximate surface area is 89.1 Å². The molecule has 2 nitrogen and oxygen atoms in total. The summed E-state index contributed by atoms with van der Waals surface area (Å²) in [6.07, 6.45) is 5.25. The highest BCUT2D eigenvalue weighted by Gasteiger charge is 2.20. The summed E-state index contributed by atoms with van der Waals surface area (Å²) in [6.45, 7) is 11.9. The van der Waals surface area contributed by atoms with Crippen molar-refractivity contribution in [3.8, 4) is 0 Å². The van der Waals surface area contributed by atoms with Crippen LogP contribution in [0.2, 0.25) is 0 Å². The third-order valence-electron chi connectivity index (χ3n) is 3.14. The van der Waals surface area contributed by atoms with Crippen LogP contribution in [0.15, 0.2) is 0 Å². The lowest BCUT2D eigenvalue weighted by Crippen LogP contribution is -2.46. The fourth-order valence-electron chi connectivity index (χ4n) is 1.97. The van der Waals surface area contributed by atoms with E-state index < -0.39 is 0 Å². The van der Waals surface area contributed by atoms with Crippen LogP contribution in [-0.4, -0.2) is 36.6 Å². The molecule has 0 aromatic heterocycles. The largest absolute Gasteiger partial charge is 0.312 e. The van der Waals surface area contributed by atoms with Gasteiger partial charge >= 0.3 is 0 Å². The van der Waals surface area contributed by atoms with Gasteiger partial charge in [0, 0.05) is 5.54 Å². The average Bonchev–Trinajstić information content (AvgIpc) is 2.12. The topological polar surface area (TPSA) is 15.3 Å². The Hall–Kier alpha value is -0.0800. The van der Waals surface area contributed by atoms with Gasteiger partial charge in [0.15, 0.2) is 0 Å². The Kier molecular flexibility index (Phi) is 4.90. The quantitative estimate of drug-likeness (QED) is 0.748. The summed E-state index contributed by atoms with van der Waals surface area (Å²) >= 11 is 0. The second-order valence-electron chi connectivity index (χ2n) is 5.11. The normalized spacial score (nSPS) is 24.2. The molecule has 0 spiro atoms. The van der Waals surface area contributed by atoms with Crippen LogP contribution < -0.4 is 5.32 Å². The minimum atomic E-state index is 0.338. The summed E-state index contributed by atoms with van der Waals surface area (Å²) in [5, 5.41) is 3.61. The predicted octanol–water partition coefficient (Wildman–Crippen LogP) is 2.25. The SMILES string of the molecule is CCCCN1CCCNC(C)(C)CC1.